The van der Waals surface area contributed by atoms with Crippen LogP contribution in [0.5, 0.6) is 0 Å². The van der Waals surface area contributed by atoms with Gasteiger partial charge in [-0.3, -0.25) is 4.79 Å². The summed E-state index contributed by atoms with van der Waals surface area (Å²) in [4.78, 5) is 10.9. The van der Waals surface area contributed by atoms with Crippen molar-refractivity contribution in [2.24, 2.45) is 0 Å². The predicted molar refractivity (Wildman–Crippen MR) is 124 cm³/mol. The maximum absolute atomic E-state index is 14.1. The summed E-state index contributed by atoms with van der Waals surface area (Å²) in [5, 5.41) is 5.83. The fourth-order valence-electron chi connectivity index (χ4n) is 2.64. The summed E-state index contributed by atoms with van der Waals surface area (Å²) in [6.45, 7) is 13.1. The molecule has 1 unspecified atom stereocenters. The van der Waals surface area contributed by atoms with E-state index < -0.39 is 11.8 Å². The SMILES string of the molecule is CCCCCCNCCOCCOCCOCCOCCOC(C)(C)C(F)CNC(C)=O. The molecule has 0 saturated carbocycles. The van der Waals surface area contributed by atoms with Crippen LogP contribution in [0.2, 0.25) is 0 Å². The molecule has 0 aromatic heterocycles. The molecule has 2 N–H and O–H groups in total. The van der Waals surface area contributed by atoms with Crippen LogP contribution >= 0.6 is 0 Å². The van der Waals surface area contributed by atoms with Gasteiger partial charge in [-0.25, -0.2) is 4.39 Å². The topological polar surface area (TPSA) is 87.3 Å². The number of amides is 1. The zero-order chi connectivity index (χ0) is 23.9. The number of carbonyl (C=O) groups is 1. The normalized spacial score (nSPS) is 12.8. The zero-order valence-corrected chi connectivity index (χ0v) is 20.7. The average Bonchev–Trinajstić information content (AvgIpc) is 2.76. The summed E-state index contributed by atoms with van der Waals surface area (Å²) < 4.78 is 41.4. The van der Waals surface area contributed by atoms with Gasteiger partial charge in [-0.2, -0.15) is 0 Å². The van der Waals surface area contributed by atoms with Crippen LogP contribution in [0.1, 0.15) is 53.4 Å². The van der Waals surface area contributed by atoms with Gasteiger partial charge in [0, 0.05) is 13.5 Å². The smallest absolute Gasteiger partial charge is 0.216 e. The van der Waals surface area contributed by atoms with Gasteiger partial charge in [0.25, 0.3) is 0 Å². The molecular formula is C23H47FN2O6. The Balaban J connectivity index is 3.29. The fraction of sp³-hybridized carbons (Fsp3) is 0.957. The molecule has 32 heavy (non-hydrogen) atoms. The number of hydrogen-bond donors (Lipinski definition) is 2. The second kappa shape index (κ2) is 22.0. The lowest BCUT2D eigenvalue weighted by atomic mass is 10.0. The van der Waals surface area contributed by atoms with E-state index in [4.69, 9.17) is 23.7 Å². The van der Waals surface area contributed by atoms with Crippen molar-refractivity contribution in [3.8, 4) is 0 Å². The van der Waals surface area contributed by atoms with Crippen LogP contribution in [0.15, 0.2) is 0 Å². The molecule has 0 saturated heterocycles. The van der Waals surface area contributed by atoms with Crippen LogP contribution in [-0.2, 0) is 28.5 Å². The van der Waals surface area contributed by atoms with Gasteiger partial charge < -0.3 is 34.3 Å². The minimum atomic E-state index is -1.29. The van der Waals surface area contributed by atoms with Crippen LogP contribution in [-0.4, -0.2) is 96.8 Å². The number of hydrogen-bond acceptors (Lipinski definition) is 7. The Labute approximate surface area is 194 Å². The first-order valence-corrected chi connectivity index (χ1v) is 11.9. The number of nitrogens with one attached hydrogen (secondary N) is 2. The number of halogens is 1. The van der Waals surface area contributed by atoms with E-state index in [2.05, 4.69) is 17.6 Å². The quantitative estimate of drug-likeness (QED) is 0.211. The lowest BCUT2D eigenvalue weighted by Gasteiger charge is -2.29. The summed E-state index contributed by atoms with van der Waals surface area (Å²) in [5.41, 5.74) is -0.992. The van der Waals surface area contributed by atoms with Crippen LogP contribution in [0.3, 0.4) is 0 Å². The highest BCUT2D eigenvalue weighted by Crippen LogP contribution is 2.17. The first kappa shape index (κ1) is 31.2. The third-order valence-electron chi connectivity index (χ3n) is 4.73. The van der Waals surface area contributed by atoms with Crippen molar-refractivity contribution in [2.45, 2.75) is 65.2 Å². The molecule has 0 heterocycles. The van der Waals surface area contributed by atoms with E-state index in [1.165, 1.54) is 32.6 Å². The van der Waals surface area contributed by atoms with Crippen LogP contribution in [0.25, 0.3) is 0 Å². The van der Waals surface area contributed by atoms with Crippen molar-refractivity contribution in [3.63, 3.8) is 0 Å². The molecule has 9 heteroatoms. The number of ether oxygens (including phenoxy) is 5. The van der Waals surface area contributed by atoms with Crippen molar-refractivity contribution in [1.29, 1.82) is 0 Å². The highest BCUT2D eigenvalue weighted by Gasteiger charge is 2.30. The van der Waals surface area contributed by atoms with Crippen molar-refractivity contribution in [3.05, 3.63) is 0 Å². The third kappa shape index (κ3) is 21.0. The Bertz CT molecular complexity index is 429. The molecule has 0 rings (SSSR count). The van der Waals surface area contributed by atoms with Crippen LogP contribution in [0.4, 0.5) is 4.39 Å². The first-order valence-electron chi connectivity index (χ1n) is 11.9. The van der Waals surface area contributed by atoms with Gasteiger partial charge in [0.15, 0.2) is 0 Å². The maximum atomic E-state index is 14.1. The number of unbranched alkanes of at least 4 members (excludes halogenated alkanes) is 3. The monoisotopic (exact) mass is 466 g/mol. The molecule has 0 bridgehead atoms. The molecule has 0 aromatic rings. The van der Waals surface area contributed by atoms with E-state index in [-0.39, 0.29) is 19.1 Å². The Morgan fingerprint density at radius 1 is 0.812 bits per heavy atom. The lowest BCUT2D eigenvalue weighted by Crippen LogP contribution is -2.44. The minimum Gasteiger partial charge on any atom is -0.378 e. The third-order valence-corrected chi connectivity index (χ3v) is 4.73. The van der Waals surface area contributed by atoms with E-state index >= 15 is 0 Å². The number of rotatable bonds is 24. The summed E-state index contributed by atoms with van der Waals surface area (Å²) >= 11 is 0. The molecular weight excluding hydrogens is 419 g/mol. The Morgan fingerprint density at radius 3 is 1.88 bits per heavy atom. The predicted octanol–water partition coefficient (Wildman–Crippen LogP) is 2.49. The average molecular weight is 467 g/mol. The van der Waals surface area contributed by atoms with Crippen molar-refractivity contribution >= 4 is 5.91 Å². The van der Waals surface area contributed by atoms with E-state index in [9.17, 15) is 9.18 Å². The van der Waals surface area contributed by atoms with Crippen LogP contribution in [0, 0.1) is 0 Å². The second-order valence-electron chi connectivity index (χ2n) is 8.12. The minimum absolute atomic E-state index is 0.0678. The molecule has 0 spiro atoms. The highest BCUT2D eigenvalue weighted by molar-refractivity contribution is 5.72. The highest BCUT2D eigenvalue weighted by atomic mass is 19.1. The molecule has 0 aliphatic heterocycles. The molecule has 192 valence electrons. The number of alkyl halides is 1. The van der Waals surface area contributed by atoms with Gasteiger partial charge >= 0.3 is 0 Å². The Kier molecular flexibility index (Phi) is 21.4. The molecule has 0 aliphatic carbocycles. The molecule has 1 atom stereocenters. The van der Waals surface area contributed by atoms with Crippen molar-refractivity contribution in [2.75, 3.05) is 79.1 Å². The first-order chi connectivity index (χ1) is 15.4. The van der Waals surface area contributed by atoms with Gasteiger partial charge in [0.05, 0.1) is 71.6 Å². The molecule has 0 fully saturated rings. The zero-order valence-electron chi connectivity index (χ0n) is 20.7. The fourth-order valence-corrected chi connectivity index (χ4v) is 2.64. The molecule has 0 aromatic carbocycles. The Hall–Kier alpha value is -0.840. The molecule has 0 radical (unpaired) electrons. The van der Waals surface area contributed by atoms with Crippen molar-refractivity contribution in [1.82, 2.24) is 10.6 Å². The Morgan fingerprint density at radius 2 is 1.34 bits per heavy atom. The van der Waals surface area contributed by atoms with Gasteiger partial charge in [-0.05, 0) is 26.8 Å². The van der Waals surface area contributed by atoms with Gasteiger partial charge in [-0.15, -0.1) is 0 Å². The summed E-state index contributed by atoms with van der Waals surface area (Å²) in [7, 11) is 0. The standard InChI is InChI=1S/C23H47FN2O6/c1-5-6-7-8-9-25-10-11-28-12-13-29-14-15-30-16-17-31-18-19-32-23(3,4)22(24)20-26-21(2)27/h22,25H,5-20H2,1-4H3,(H,26,27). The van der Waals surface area contributed by atoms with E-state index in [0.29, 0.717) is 52.9 Å². The van der Waals surface area contributed by atoms with Gasteiger partial charge in [-0.1, -0.05) is 26.2 Å². The number of carbonyl (C=O) groups excluding carboxylic acids is 1. The maximum Gasteiger partial charge on any atom is 0.216 e. The lowest BCUT2D eigenvalue weighted by molar-refractivity contribution is -0.120. The van der Waals surface area contributed by atoms with E-state index in [1.807, 2.05) is 0 Å². The second-order valence-corrected chi connectivity index (χ2v) is 8.12. The van der Waals surface area contributed by atoms with Crippen molar-refractivity contribution < 1.29 is 32.9 Å². The summed E-state index contributed by atoms with van der Waals surface area (Å²) in [6.07, 6.45) is 3.81. The van der Waals surface area contributed by atoms with E-state index in [1.54, 1.807) is 13.8 Å². The molecule has 1 amide bonds. The molecule has 8 nitrogen and oxygen atoms in total. The molecule has 0 aliphatic rings. The summed E-state index contributed by atoms with van der Waals surface area (Å²) in [5.74, 6) is -0.262. The van der Waals surface area contributed by atoms with Crippen LogP contribution < -0.4 is 10.6 Å². The van der Waals surface area contributed by atoms with Gasteiger partial charge in [0.2, 0.25) is 5.91 Å². The van der Waals surface area contributed by atoms with E-state index in [0.717, 1.165) is 13.1 Å². The summed E-state index contributed by atoms with van der Waals surface area (Å²) in [6, 6.07) is 0. The largest absolute Gasteiger partial charge is 0.378 e. The van der Waals surface area contributed by atoms with Gasteiger partial charge in [0.1, 0.15) is 6.17 Å².